The molecule has 1 rings (SSSR count). The molecule has 1 unspecified atom stereocenters. The zero-order valence-corrected chi connectivity index (χ0v) is 13.0. The highest BCUT2D eigenvalue weighted by Crippen LogP contribution is 2.38. The van der Waals surface area contributed by atoms with Gasteiger partial charge < -0.3 is 10.5 Å². The van der Waals surface area contributed by atoms with Crippen LogP contribution in [0.1, 0.15) is 66.7 Å². The SMILES string of the molecule is CC(C)CC(C)OC1(CN)CCC(C(C)C)CC1. The molecular formula is C16H33NO. The van der Waals surface area contributed by atoms with Crippen molar-refractivity contribution in [3.8, 4) is 0 Å². The molecule has 0 aromatic heterocycles. The fourth-order valence-electron chi connectivity index (χ4n) is 3.34. The van der Waals surface area contributed by atoms with Gasteiger partial charge in [0.1, 0.15) is 0 Å². The second-order valence-corrected chi connectivity index (χ2v) is 7.03. The van der Waals surface area contributed by atoms with E-state index in [-0.39, 0.29) is 5.60 Å². The zero-order valence-electron chi connectivity index (χ0n) is 13.0. The van der Waals surface area contributed by atoms with Crippen LogP contribution < -0.4 is 5.73 Å². The van der Waals surface area contributed by atoms with Gasteiger partial charge in [-0.3, -0.25) is 0 Å². The van der Waals surface area contributed by atoms with Gasteiger partial charge in [0, 0.05) is 6.54 Å². The van der Waals surface area contributed by atoms with Gasteiger partial charge in [-0.2, -0.15) is 0 Å². The lowest BCUT2D eigenvalue weighted by Gasteiger charge is -2.42. The minimum atomic E-state index is -0.0281. The van der Waals surface area contributed by atoms with Crippen molar-refractivity contribution >= 4 is 0 Å². The minimum absolute atomic E-state index is 0.0281. The van der Waals surface area contributed by atoms with Gasteiger partial charge in [0.15, 0.2) is 0 Å². The number of rotatable bonds is 6. The van der Waals surface area contributed by atoms with E-state index < -0.39 is 0 Å². The molecule has 1 saturated carbocycles. The number of hydrogen-bond acceptors (Lipinski definition) is 2. The normalized spacial score (nSPS) is 31.0. The van der Waals surface area contributed by atoms with Crippen LogP contribution in [0, 0.1) is 17.8 Å². The van der Waals surface area contributed by atoms with E-state index in [2.05, 4.69) is 34.6 Å². The zero-order chi connectivity index (χ0) is 13.8. The van der Waals surface area contributed by atoms with Crippen LogP contribution in [0.15, 0.2) is 0 Å². The highest BCUT2D eigenvalue weighted by Gasteiger charge is 2.37. The Hall–Kier alpha value is -0.0800. The van der Waals surface area contributed by atoms with Crippen LogP contribution >= 0.6 is 0 Å². The van der Waals surface area contributed by atoms with Crippen molar-refractivity contribution in [1.82, 2.24) is 0 Å². The molecule has 0 amide bonds. The van der Waals surface area contributed by atoms with Crippen LogP contribution in [-0.4, -0.2) is 18.2 Å². The summed E-state index contributed by atoms with van der Waals surface area (Å²) in [5.74, 6) is 2.37. The van der Waals surface area contributed by atoms with Crippen molar-refractivity contribution in [2.45, 2.75) is 78.4 Å². The van der Waals surface area contributed by atoms with Gasteiger partial charge in [0.25, 0.3) is 0 Å². The first kappa shape index (κ1) is 16.0. The number of ether oxygens (including phenoxy) is 1. The van der Waals surface area contributed by atoms with E-state index in [1.165, 1.54) is 12.8 Å². The molecule has 108 valence electrons. The molecular weight excluding hydrogens is 222 g/mol. The lowest BCUT2D eigenvalue weighted by molar-refractivity contribution is -0.114. The molecule has 0 saturated heterocycles. The van der Waals surface area contributed by atoms with E-state index in [4.69, 9.17) is 10.5 Å². The van der Waals surface area contributed by atoms with E-state index >= 15 is 0 Å². The molecule has 1 aliphatic carbocycles. The van der Waals surface area contributed by atoms with Gasteiger partial charge in [-0.15, -0.1) is 0 Å². The smallest absolute Gasteiger partial charge is 0.0807 e. The largest absolute Gasteiger partial charge is 0.371 e. The Labute approximate surface area is 114 Å². The lowest BCUT2D eigenvalue weighted by atomic mass is 9.74. The maximum Gasteiger partial charge on any atom is 0.0807 e. The van der Waals surface area contributed by atoms with Crippen LogP contribution in [0.2, 0.25) is 0 Å². The summed E-state index contributed by atoms with van der Waals surface area (Å²) >= 11 is 0. The summed E-state index contributed by atoms with van der Waals surface area (Å²) in [6.07, 6.45) is 6.33. The number of nitrogens with two attached hydrogens (primary N) is 1. The average Bonchev–Trinajstić information content (AvgIpc) is 2.28. The van der Waals surface area contributed by atoms with Crippen LogP contribution in [0.25, 0.3) is 0 Å². The van der Waals surface area contributed by atoms with Crippen LogP contribution in [0.5, 0.6) is 0 Å². The van der Waals surface area contributed by atoms with Crippen molar-refractivity contribution in [3.05, 3.63) is 0 Å². The van der Waals surface area contributed by atoms with Crippen molar-refractivity contribution < 1.29 is 4.74 Å². The Morgan fingerprint density at radius 3 is 2.06 bits per heavy atom. The highest BCUT2D eigenvalue weighted by molar-refractivity contribution is 4.89. The maximum atomic E-state index is 6.34. The first-order chi connectivity index (χ1) is 8.38. The minimum Gasteiger partial charge on any atom is -0.371 e. The molecule has 18 heavy (non-hydrogen) atoms. The highest BCUT2D eigenvalue weighted by atomic mass is 16.5. The van der Waals surface area contributed by atoms with E-state index in [1.54, 1.807) is 0 Å². The van der Waals surface area contributed by atoms with E-state index in [0.29, 0.717) is 18.6 Å². The molecule has 0 bridgehead atoms. The molecule has 0 radical (unpaired) electrons. The van der Waals surface area contributed by atoms with Gasteiger partial charge >= 0.3 is 0 Å². The summed E-state index contributed by atoms with van der Waals surface area (Å²) in [6, 6.07) is 0. The van der Waals surface area contributed by atoms with Crippen LogP contribution in [0.3, 0.4) is 0 Å². The topological polar surface area (TPSA) is 35.2 Å². The summed E-state index contributed by atoms with van der Waals surface area (Å²) in [7, 11) is 0. The third kappa shape index (κ3) is 4.55. The molecule has 2 heteroatoms. The van der Waals surface area contributed by atoms with Gasteiger partial charge in [0.2, 0.25) is 0 Å². The molecule has 2 N–H and O–H groups in total. The van der Waals surface area contributed by atoms with Crippen LogP contribution in [0.4, 0.5) is 0 Å². The monoisotopic (exact) mass is 255 g/mol. The predicted octanol–water partition coefficient (Wildman–Crippen LogP) is 3.98. The van der Waals surface area contributed by atoms with E-state index in [1.807, 2.05) is 0 Å². The molecule has 0 spiro atoms. The Bertz CT molecular complexity index is 229. The van der Waals surface area contributed by atoms with Gasteiger partial charge in [-0.25, -0.2) is 0 Å². The molecule has 1 atom stereocenters. The predicted molar refractivity (Wildman–Crippen MR) is 78.6 cm³/mol. The maximum absolute atomic E-state index is 6.34. The van der Waals surface area contributed by atoms with Crippen molar-refractivity contribution in [2.24, 2.45) is 23.5 Å². The average molecular weight is 255 g/mol. The van der Waals surface area contributed by atoms with Crippen molar-refractivity contribution in [3.63, 3.8) is 0 Å². The molecule has 0 heterocycles. The second-order valence-electron chi connectivity index (χ2n) is 7.03. The third-order valence-electron chi connectivity index (χ3n) is 4.51. The van der Waals surface area contributed by atoms with Crippen molar-refractivity contribution in [2.75, 3.05) is 6.54 Å². The fourth-order valence-corrected chi connectivity index (χ4v) is 3.34. The molecule has 0 aromatic rings. The Kier molecular flexibility index (Phi) is 6.13. The summed E-state index contributed by atoms with van der Waals surface area (Å²) < 4.78 is 6.34. The first-order valence-corrected chi connectivity index (χ1v) is 7.76. The first-order valence-electron chi connectivity index (χ1n) is 7.76. The Morgan fingerprint density at radius 2 is 1.67 bits per heavy atom. The van der Waals surface area contributed by atoms with Crippen LogP contribution in [-0.2, 0) is 4.74 Å². The number of hydrogen-bond donors (Lipinski definition) is 1. The summed E-state index contributed by atoms with van der Waals surface area (Å²) in [5, 5.41) is 0. The van der Waals surface area contributed by atoms with E-state index in [0.717, 1.165) is 31.1 Å². The standard InChI is InChI=1S/C16H33NO/c1-12(2)10-14(5)18-16(11-17)8-6-15(7-9-16)13(3)4/h12-15H,6-11,17H2,1-5H3. The van der Waals surface area contributed by atoms with Gasteiger partial charge in [-0.1, -0.05) is 27.7 Å². The molecule has 0 aliphatic heterocycles. The van der Waals surface area contributed by atoms with Gasteiger partial charge in [-0.05, 0) is 56.8 Å². The Morgan fingerprint density at radius 1 is 1.11 bits per heavy atom. The van der Waals surface area contributed by atoms with E-state index in [9.17, 15) is 0 Å². The quantitative estimate of drug-likeness (QED) is 0.779. The third-order valence-corrected chi connectivity index (χ3v) is 4.51. The fraction of sp³-hybridized carbons (Fsp3) is 1.00. The summed E-state index contributed by atoms with van der Waals surface area (Å²) in [6.45, 7) is 12.1. The molecule has 0 aromatic carbocycles. The lowest BCUT2D eigenvalue weighted by Crippen LogP contribution is -2.46. The summed E-state index contributed by atoms with van der Waals surface area (Å²) in [5.41, 5.74) is 5.99. The van der Waals surface area contributed by atoms with Gasteiger partial charge in [0.05, 0.1) is 11.7 Å². The molecule has 1 aliphatic rings. The Balaban J connectivity index is 2.50. The second kappa shape index (κ2) is 6.91. The van der Waals surface area contributed by atoms with Crippen molar-refractivity contribution in [1.29, 1.82) is 0 Å². The molecule has 1 fully saturated rings. The molecule has 2 nitrogen and oxygen atoms in total. The summed E-state index contributed by atoms with van der Waals surface area (Å²) in [4.78, 5) is 0.